The van der Waals surface area contributed by atoms with Crippen LogP contribution in [0.3, 0.4) is 0 Å². The maximum Gasteiger partial charge on any atom is 0.157 e. The Morgan fingerprint density at radius 1 is 1.38 bits per heavy atom. The van der Waals surface area contributed by atoms with E-state index < -0.39 is 0 Å². The fourth-order valence-electron chi connectivity index (χ4n) is 3.56. The van der Waals surface area contributed by atoms with Crippen LogP contribution in [0.1, 0.15) is 50.8 Å². The summed E-state index contributed by atoms with van der Waals surface area (Å²) in [4.78, 5) is 4.56. The predicted molar refractivity (Wildman–Crippen MR) is 86.1 cm³/mol. The Hall–Kier alpha value is -1.42. The lowest BCUT2D eigenvalue weighted by Gasteiger charge is -2.39. The Labute approximate surface area is 126 Å². The summed E-state index contributed by atoms with van der Waals surface area (Å²) in [6, 6.07) is 2.84. The van der Waals surface area contributed by atoms with Gasteiger partial charge >= 0.3 is 0 Å². The molecule has 4 nitrogen and oxygen atoms in total. The van der Waals surface area contributed by atoms with Gasteiger partial charge in [0, 0.05) is 31.2 Å². The molecule has 0 aliphatic heterocycles. The van der Waals surface area contributed by atoms with Crippen molar-refractivity contribution in [2.45, 2.75) is 59.0 Å². The highest BCUT2D eigenvalue weighted by atomic mass is 15.3. The van der Waals surface area contributed by atoms with E-state index in [0.29, 0.717) is 11.5 Å². The summed E-state index contributed by atoms with van der Waals surface area (Å²) in [5.41, 5.74) is 3.68. The standard InChI is InChI=1S/C17H26N4/c1-12-14-9-13(11-19-16(14)21(4)20-12)10-18-15-7-5-6-8-17(15,2)3/h9,11,15,18H,5-8,10H2,1-4H3. The minimum atomic E-state index is 0.403. The lowest BCUT2D eigenvalue weighted by Crippen LogP contribution is -2.43. The summed E-state index contributed by atoms with van der Waals surface area (Å²) < 4.78 is 1.85. The van der Waals surface area contributed by atoms with Gasteiger partial charge in [-0.3, -0.25) is 4.68 Å². The van der Waals surface area contributed by atoms with Crippen LogP contribution in [0.15, 0.2) is 12.3 Å². The quantitative estimate of drug-likeness (QED) is 0.941. The van der Waals surface area contributed by atoms with Gasteiger partial charge in [-0.25, -0.2) is 4.98 Å². The highest BCUT2D eigenvalue weighted by Crippen LogP contribution is 2.35. The molecule has 1 aliphatic rings. The van der Waals surface area contributed by atoms with Gasteiger partial charge in [-0.2, -0.15) is 5.10 Å². The monoisotopic (exact) mass is 286 g/mol. The average Bonchev–Trinajstić information content (AvgIpc) is 2.72. The van der Waals surface area contributed by atoms with Gasteiger partial charge in [0.1, 0.15) is 0 Å². The van der Waals surface area contributed by atoms with E-state index in [9.17, 15) is 0 Å². The van der Waals surface area contributed by atoms with Crippen molar-refractivity contribution in [3.63, 3.8) is 0 Å². The number of hydrogen-bond acceptors (Lipinski definition) is 3. The van der Waals surface area contributed by atoms with Crippen molar-refractivity contribution in [2.24, 2.45) is 12.5 Å². The van der Waals surface area contributed by atoms with Gasteiger partial charge in [0.15, 0.2) is 5.65 Å². The molecule has 2 aromatic heterocycles. The minimum Gasteiger partial charge on any atom is -0.309 e. The second-order valence-electron chi connectivity index (χ2n) is 7.09. The molecule has 1 fully saturated rings. The molecule has 1 unspecified atom stereocenters. The Morgan fingerprint density at radius 3 is 2.95 bits per heavy atom. The fraction of sp³-hybridized carbons (Fsp3) is 0.647. The molecule has 0 saturated heterocycles. The maximum atomic E-state index is 4.56. The number of aryl methyl sites for hydroxylation is 2. The summed E-state index contributed by atoms with van der Waals surface area (Å²) in [5.74, 6) is 0. The highest BCUT2D eigenvalue weighted by Gasteiger charge is 2.31. The number of fused-ring (bicyclic) bond motifs is 1. The van der Waals surface area contributed by atoms with E-state index in [0.717, 1.165) is 17.9 Å². The molecule has 0 radical (unpaired) electrons. The Kier molecular flexibility index (Phi) is 3.74. The number of aromatic nitrogens is 3. The maximum absolute atomic E-state index is 4.56. The van der Waals surface area contributed by atoms with E-state index in [1.165, 1.54) is 36.6 Å². The largest absolute Gasteiger partial charge is 0.309 e. The van der Waals surface area contributed by atoms with Crippen LogP contribution >= 0.6 is 0 Å². The van der Waals surface area contributed by atoms with Crippen LogP contribution in [-0.2, 0) is 13.6 Å². The number of nitrogens with one attached hydrogen (secondary N) is 1. The second-order valence-corrected chi connectivity index (χ2v) is 7.09. The zero-order valence-electron chi connectivity index (χ0n) is 13.6. The molecular weight excluding hydrogens is 260 g/mol. The lowest BCUT2D eigenvalue weighted by atomic mass is 9.73. The van der Waals surface area contributed by atoms with Gasteiger partial charge in [0.05, 0.1) is 5.69 Å². The third kappa shape index (κ3) is 2.82. The molecule has 0 aromatic carbocycles. The fourth-order valence-corrected chi connectivity index (χ4v) is 3.56. The van der Waals surface area contributed by atoms with Crippen LogP contribution in [0.2, 0.25) is 0 Å². The minimum absolute atomic E-state index is 0.403. The van der Waals surface area contributed by atoms with Crippen molar-refractivity contribution in [3.05, 3.63) is 23.5 Å². The van der Waals surface area contributed by atoms with E-state index >= 15 is 0 Å². The average molecular weight is 286 g/mol. The number of pyridine rings is 1. The molecule has 1 saturated carbocycles. The molecule has 21 heavy (non-hydrogen) atoms. The van der Waals surface area contributed by atoms with Crippen LogP contribution in [0.4, 0.5) is 0 Å². The third-order valence-electron chi connectivity index (χ3n) is 4.98. The van der Waals surface area contributed by atoms with Crippen molar-refractivity contribution >= 4 is 11.0 Å². The van der Waals surface area contributed by atoms with Crippen molar-refractivity contribution < 1.29 is 0 Å². The number of rotatable bonds is 3. The molecule has 2 heterocycles. The molecule has 1 atom stereocenters. The smallest absolute Gasteiger partial charge is 0.157 e. The first-order chi connectivity index (χ1) is 9.97. The van der Waals surface area contributed by atoms with Gasteiger partial charge in [-0.15, -0.1) is 0 Å². The van der Waals surface area contributed by atoms with E-state index in [1.807, 2.05) is 24.9 Å². The first-order valence-electron chi connectivity index (χ1n) is 7.99. The Morgan fingerprint density at radius 2 is 2.19 bits per heavy atom. The predicted octanol–water partition coefficient (Wildman–Crippen LogP) is 3.34. The lowest BCUT2D eigenvalue weighted by molar-refractivity contribution is 0.167. The molecular formula is C17H26N4. The van der Waals surface area contributed by atoms with Crippen molar-refractivity contribution in [2.75, 3.05) is 0 Å². The molecule has 0 amide bonds. The van der Waals surface area contributed by atoms with Crippen LogP contribution in [0.5, 0.6) is 0 Å². The van der Waals surface area contributed by atoms with Crippen LogP contribution in [-0.4, -0.2) is 20.8 Å². The molecule has 114 valence electrons. The highest BCUT2D eigenvalue weighted by molar-refractivity contribution is 5.78. The van der Waals surface area contributed by atoms with E-state index in [-0.39, 0.29) is 0 Å². The zero-order chi connectivity index (χ0) is 15.0. The summed E-state index contributed by atoms with van der Waals surface area (Å²) in [6.07, 6.45) is 7.30. The van der Waals surface area contributed by atoms with Crippen molar-refractivity contribution in [1.29, 1.82) is 0 Å². The molecule has 1 aliphatic carbocycles. The molecule has 1 N–H and O–H groups in total. The molecule has 3 rings (SSSR count). The van der Waals surface area contributed by atoms with E-state index in [4.69, 9.17) is 0 Å². The van der Waals surface area contributed by atoms with Crippen molar-refractivity contribution in [1.82, 2.24) is 20.1 Å². The van der Waals surface area contributed by atoms with E-state index in [2.05, 4.69) is 35.3 Å². The summed E-state index contributed by atoms with van der Waals surface area (Å²) in [6.45, 7) is 7.71. The van der Waals surface area contributed by atoms with Crippen LogP contribution < -0.4 is 5.32 Å². The van der Waals surface area contributed by atoms with Gasteiger partial charge < -0.3 is 5.32 Å². The van der Waals surface area contributed by atoms with Gasteiger partial charge in [0.25, 0.3) is 0 Å². The third-order valence-corrected chi connectivity index (χ3v) is 4.98. The topological polar surface area (TPSA) is 42.7 Å². The number of hydrogen-bond donors (Lipinski definition) is 1. The summed E-state index contributed by atoms with van der Waals surface area (Å²) in [7, 11) is 1.95. The normalized spacial score (nSPS) is 21.8. The Balaban J connectivity index is 1.74. The van der Waals surface area contributed by atoms with Gasteiger partial charge in [0.2, 0.25) is 0 Å². The molecule has 0 bridgehead atoms. The first kappa shape index (κ1) is 14.5. The van der Waals surface area contributed by atoms with Crippen molar-refractivity contribution in [3.8, 4) is 0 Å². The molecule has 2 aromatic rings. The van der Waals surface area contributed by atoms with Crippen LogP contribution in [0.25, 0.3) is 11.0 Å². The van der Waals surface area contributed by atoms with Gasteiger partial charge in [-0.1, -0.05) is 26.7 Å². The SMILES string of the molecule is Cc1nn(C)c2ncc(CNC3CCCCC3(C)C)cc12. The van der Waals surface area contributed by atoms with Crippen LogP contribution in [0, 0.1) is 12.3 Å². The Bertz CT molecular complexity index is 642. The van der Waals surface area contributed by atoms with E-state index in [1.54, 1.807) is 0 Å². The summed E-state index contributed by atoms with van der Waals surface area (Å²) in [5, 5.41) is 9.36. The molecule has 4 heteroatoms. The molecule has 0 spiro atoms. The van der Waals surface area contributed by atoms with Gasteiger partial charge in [-0.05, 0) is 36.8 Å². The zero-order valence-corrected chi connectivity index (χ0v) is 13.6. The summed E-state index contributed by atoms with van der Waals surface area (Å²) >= 11 is 0. The first-order valence-corrected chi connectivity index (χ1v) is 7.99. The second kappa shape index (κ2) is 5.41. The number of nitrogens with zero attached hydrogens (tertiary/aromatic N) is 3.